The maximum Gasteiger partial charge on any atom is 0.416 e. The highest BCUT2D eigenvalue weighted by molar-refractivity contribution is 7.22. The minimum Gasteiger partial charge on any atom is -0.368 e. The van der Waals surface area contributed by atoms with Crippen LogP contribution in [0.25, 0.3) is 10.2 Å². The number of rotatable bonds is 4. The minimum absolute atomic E-state index is 0.0553. The van der Waals surface area contributed by atoms with Crippen LogP contribution in [-0.4, -0.2) is 16.9 Å². The fourth-order valence-corrected chi connectivity index (χ4v) is 2.75. The van der Waals surface area contributed by atoms with E-state index < -0.39 is 23.7 Å². The first-order valence-corrected chi connectivity index (χ1v) is 7.04. The standard InChI is InChI=1S/C13H14F3N3OS/c1-6(2)10(11(17)20)19-12-18-8-5-7(13(14,15)16)3-4-9(8)21-12/h3-6,10H,1-2H3,(H2,17,20)(H,18,19). The number of hydrogen-bond acceptors (Lipinski definition) is 4. The average molecular weight is 317 g/mol. The van der Waals surface area contributed by atoms with Crippen molar-refractivity contribution in [1.29, 1.82) is 0 Å². The normalized spacial score (nSPS) is 13.6. The van der Waals surface area contributed by atoms with Crippen LogP contribution in [-0.2, 0) is 11.0 Å². The minimum atomic E-state index is -4.40. The Hall–Kier alpha value is -1.83. The number of amides is 1. The number of aromatic nitrogens is 1. The van der Waals surface area contributed by atoms with Gasteiger partial charge in [0.1, 0.15) is 6.04 Å². The van der Waals surface area contributed by atoms with Gasteiger partial charge in [-0.15, -0.1) is 0 Å². The number of carbonyl (C=O) groups is 1. The average Bonchev–Trinajstić information content (AvgIpc) is 2.75. The van der Waals surface area contributed by atoms with E-state index in [1.165, 1.54) is 17.4 Å². The monoisotopic (exact) mass is 317 g/mol. The Bertz CT molecular complexity index is 666. The van der Waals surface area contributed by atoms with Crippen molar-refractivity contribution in [2.24, 2.45) is 11.7 Å². The lowest BCUT2D eigenvalue weighted by Crippen LogP contribution is -2.39. The van der Waals surface area contributed by atoms with Crippen LogP contribution in [0.15, 0.2) is 18.2 Å². The second-order valence-electron chi connectivity index (χ2n) is 4.97. The Balaban J connectivity index is 2.33. The van der Waals surface area contributed by atoms with E-state index in [9.17, 15) is 18.0 Å². The molecular weight excluding hydrogens is 303 g/mol. The predicted octanol–water partition coefficient (Wildman–Crippen LogP) is 3.24. The van der Waals surface area contributed by atoms with Crippen molar-refractivity contribution >= 4 is 32.6 Å². The summed E-state index contributed by atoms with van der Waals surface area (Å²) in [6, 6.07) is 2.76. The van der Waals surface area contributed by atoms with Gasteiger partial charge < -0.3 is 11.1 Å². The molecule has 8 heteroatoms. The van der Waals surface area contributed by atoms with Crippen LogP contribution in [0.3, 0.4) is 0 Å². The molecule has 0 spiro atoms. The van der Waals surface area contributed by atoms with Crippen molar-refractivity contribution in [3.05, 3.63) is 23.8 Å². The van der Waals surface area contributed by atoms with Crippen LogP contribution in [0.4, 0.5) is 18.3 Å². The molecule has 0 fully saturated rings. The fourth-order valence-electron chi connectivity index (χ4n) is 1.86. The second-order valence-corrected chi connectivity index (χ2v) is 6.00. The summed E-state index contributed by atoms with van der Waals surface area (Å²) in [5, 5.41) is 3.25. The third-order valence-electron chi connectivity index (χ3n) is 2.97. The quantitative estimate of drug-likeness (QED) is 0.909. The predicted molar refractivity (Wildman–Crippen MR) is 76.1 cm³/mol. The molecule has 1 heterocycles. The van der Waals surface area contributed by atoms with Crippen LogP contribution in [0.1, 0.15) is 19.4 Å². The Morgan fingerprint density at radius 3 is 2.57 bits per heavy atom. The molecule has 2 aromatic rings. The molecule has 1 aromatic carbocycles. The summed E-state index contributed by atoms with van der Waals surface area (Å²) >= 11 is 1.18. The van der Waals surface area contributed by atoms with E-state index in [0.717, 1.165) is 12.1 Å². The van der Waals surface area contributed by atoms with Crippen molar-refractivity contribution < 1.29 is 18.0 Å². The van der Waals surface area contributed by atoms with Crippen molar-refractivity contribution in [1.82, 2.24) is 4.98 Å². The molecule has 0 saturated heterocycles. The van der Waals surface area contributed by atoms with Crippen LogP contribution in [0, 0.1) is 5.92 Å². The molecule has 21 heavy (non-hydrogen) atoms. The number of carbonyl (C=O) groups excluding carboxylic acids is 1. The molecule has 3 N–H and O–H groups in total. The lowest BCUT2D eigenvalue weighted by molar-refractivity contribution is -0.137. The highest BCUT2D eigenvalue weighted by Crippen LogP contribution is 2.34. The molecule has 1 aromatic heterocycles. The molecule has 1 amide bonds. The van der Waals surface area contributed by atoms with Gasteiger partial charge in [0.05, 0.1) is 15.8 Å². The number of fused-ring (bicyclic) bond motifs is 1. The topological polar surface area (TPSA) is 68.0 Å². The number of anilines is 1. The van der Waals surface area contributed by atoms with E-state index in [4.69, 9.17) is 5.73 Å². The molecule has 0 saturated carbocycles. The Morgan fingerprint density at radius 1 is 1.38 bits per heavy atom. The van der Waals surface area contributed by atoms with E-state index in [2.05, 4.69) is 10.3 Å². The lowest BCUT2D eigenvalue weighted by atomic mass is 10.0. The van der Waals surface area contributed by atoms with E-state index in [1.807, 2.05) is 13.8 Å². The number of hydrogen-bond donors (Lipinski definition) is 2. The number of alkyl halides is 3. The number of nitrogens with two attached hydrogens (primary N) is 1. The summed E-state index contributed by atoms with van der Waals surface area (Å²) in [4.78, 5) is 15.4. The van der Waals surface area contributed by atoms with E-state index in [0.29, 0.717) is 9.83 Å². The smallest absolute Gasteiger partial charge is 0.368 e. The summed E-state index contributed by atoms with van der Waals surface area (Å²) in [6.07, 6.45) is -4.40. The van der Waals surface area contributed by atoms with E-state index in [-0.39, 0.29) is 11.4 Å². The molecule has 0 aliphatic heterocycles. The van der Waals surface area contributed by atoms with Gasteiger partial charge in [0, 0.05) is 0 Å². The molecule has 0 radical (unpaired) electrons. The number of nitrogens with one attached hydrogen (secondary N) is 1. The van der Waals surface area contributed by atoms with Gasteiger partial charge in [-0.2, -0.15) is 13.2 Å². The summed E-state index contributed by atoms with van der Waals surface area (Å²) in [6.45, 7) is 3.63. The van der Waals surface area contributed by atoms with E-state index >= 15 is 0 Å². The van der Waals surface area contributed by atoms with E-state index in [1.54, 1.807) is 0 Å². The van der Waals surface area contributed by atoms with Crippen molar-refractivity contribution in [3.63, 3.8) is 0 Å². The highest BCUT2D eigenvalue weighted by atomic mass is 32.1. The number of benzene rings is 1. The summed E-state index contributed by atoms with van der Waals surface area (Å²) < 4.78 is 38.5. The first-order valence-electron chi connectivity index (χ1n) is 6.22. The molecular formula is C13H14F3N3OS. The molecule has 0 aliphatic rings. The first kappa shape index (κ1) is 15.6. The Labute approximate surface area is 123 Å². The van der Waals surface area contributed by atoms with Gasteiger partial charge in [0.15, 0.2) is 5.13 Å². The zero-order chi connectivity index (χ0) is 15.8. The van der Waals surface area contributed by atoms with Gasteiger partial charge in [-0.25, -0.2) is 4.98 Å². The van der Waals surface area contributed by atoms with Gasteiger partial charge in [-0.1, -0.05) is 25.2 Å². The number of halogens is 3. The number of thiazole rings is 1. The highest BCUT2D eigenvalue weighted by Gasteiger charge is 2.31. The molecule has 114 valence electrons. The third-order valence-corrected chi connectivity index (χ3v) is 3.93. The SMILES string of the molecule is CC(C)C(Nc1nc2cc(C(F)(F)F)ccc2s1)C(N)=O. The zero-order valence-electron chi connectivity index (χ0n) is 11.4. The van der Waals surface area contributed by atoms with Crippen LogP contribution >= 0.6 is 11.3 Å². The lowest BCUT2D eigenvalue weighted by Gasteiger charge is -2.17. The summed E-state index contributed by atoms with van der Waals surface area (Å²) in [7, 11) is 0. The molecule has 1 atom stereocenters. The van der Waals surface area contributed by atoms with Gasteiger partial charge in [0.25, 0.3) is 0 Å². The largest absolute Gasteiger partial charge is 0.416 e. The number of nitrogens with zero attached hydrogens (tertiary/aromatic N) is 1. The Morgan fingerprint density at radius 2 is 2.05 bits per heavy atom. The molecule has 1 unspecified atom stereocenters. The van der Waals surface area contributed by atoms with Crippen LogP contribution in [0.2, 0.25) is 0 Å². The maximum absolute atomic E-state index is 12.6. The second kappa shape index (κ2) is 5.51. The third kappa shape index (κ3) is 3.44. The van der Waals surface area contributed by atoms with Gasteiger partial charge in [-0.05, 0) is 24.1 Å². The van der Waals surface area contributed by atoms with Gasteiger partial charge in [0.2, 0.25) is 5.91 Å². The summed E-state index contributed by atoms with van der Waals surface area (Å²) in [5.41, 5.74) is 4.78. The Kier molecular flexibility index (Phi) is 4.08. The van der Waals surface area contributed by atoms with Gasteiger partial charge >= 0.3 is 6.18 Å². The maximum atomic E-state index is 12.6. The summed E-state index contributed by atoms with van der Waals surface area (Å²) in [5.74, 6) is -0.583. The van der Waals surface area contributed by atoms with Gasteiger partial charge in [-0.3, -0.25) is 4.79 Å². The van der Waals surface area contributed by atoms with Crippen LogP contribution < -0.4 is 11.1 Å². The zero-order valence-corrected chi connectivity index (χ0v) is 12.2. The van der Waals surface area contributed by atoms with Crippen molar-refractivity contribution in [2.45, 2.75) is 26.1 Å². The fraction of sp³-hybridized carbons (Fsp3) is 0.385. The molecule has 2 rings (SSSR count). The van der Waals surface area contributed by atoms with Crippen molar-refractivity contribution in [2.75, 3.05) is 5.32 Å². The first-order chi connectivity index (χ1) is 9.68. The molecule has 0 bridgehead atoms. The molecule has 4 nitrogen and oxygen atoms in total. The van der Waals surface area contributed by atoms with Crippen molar-refractivity contribution in [3.8, 4) is 0 Å². The number of primary amides is 1. The van der Waals surface area contributed by atoms with Crippen LogP contribution in [0.5, 0.6) is 0 Å². The molecule has 0 aliphatic carbocycles.